The number of fused-ring (bicyclic) bond motifs is 1. The van der Waals surface area contributed by atoms with Crippen LogP contribution in [0, 0.1) is 5.92 Å². The molecule has 0 aliphatic heterocycles. The standard InChI is InChI=1S/C34H47N6O3P/c1-5-21-44(42,22-6-2)29-17-15-27(16-18-29)36-32-30-33(38-31(37-32)26-12-8-9-13-26)40(24-35-30)20-19-25-11-10-14-28(23-25)43-34(41)39(4)7-3/h10,14-18,23-26H,5-9,11-13,19-22H2,1-4H3,(H,36,37,38). The van der Waals surface area contributed by atoms with Gasteiger partial charge in [-0.3, -0.25) is 0 Å². The Hall–Kier alpha value is -3.45. The number of hydrogen-bond acceptors (Lipinski definition) is 7. The second-order valence-corrected chi connectivity index (χ2v) is 15.4. The van der Waals surface area contributed by atoms with Crippen molar-refractivity contribution in [3.63, 3.8) is 0 Å². The molecule has 1 saturated carbocycles. The number of nitrogens with one attached hydrogen (secondary N) is 1. The first-order valence-corrected chi connectivity index (χ1v) is 18.4. The predicted octanol–water partition coefficient (Wildman–Crippen LogP) is 7.97. The van der Waals surface area contributed by atoms with Crippen molar-refractivity contribution >= 4 is 41.2 Å². The van der Waals surface area contributed by atoms with Gasteiger partial charge in [-0.2, -0.15) is 0 Å². The van der Waals surface area contributed by atoms with E-state index in [1.165, 1.54) is 12.8 Å². The molecule has 0 bridgehead atoms. The lowest BCUT2D eigenvalue weighted by Gasteiger charge is -2.19. The summed E-state index contributed by atoms with van der Waals surface area (Å²) in [6.45, 7) is 7.46. The van der Waals surface area contributed by atoms with Gasteiger partial charge in [-0.05, 0) is 87.8 Å². The van der Waals surface area contributed by atoms with Crippen LogP contribution < -0.4 is 10.6 Å². The Labute approximate surface area is 261 Å². The molecule has 1 N–H and O–H groups in total. The van der Waals surface area contributed by atoms with Crippen LogP contribution in [0.5, 0.6) is 0 Å². The molecule has 0 radical (unpaired) electrons. The lowest BCUT2D eigenvalue weighted by molar-refractivity contribution is 0.142. The topological polar surface area (TPSA) is 102 Å². The van der Waals surface area contributed by atoms with Crippen molar-refractivity contribution < 1.29 is 14.1 Å². The molecule has 3 aromatic rings. The van der Waals surface area contributed by atoms with E-state index < -0.39 is 7.14 Å². The van der Waals surface area contributed by atoms with Gasteiger partial charge < -0.3 is 24.1 Å². The number of amides is 1. The summed E-state index contributed by atoms with van der Waals surface area (Å²) in [7, 11) is -0.641. The number of imidazole rings is 1. The number of ether oxygens (including phenoxy) is 1. The van der Waals surface area contributed by atoms with Crippen molar-refractivity contribution in [2.24, 2.45) is 5.92 Å². The van der Waals surface area contributed by atoms with Gasteiger partial charge in [-0.15, -0.1) is 0 Å². The molecule has 0 spiro atoms. The Morgan fingerprint density at radius 2 is 1.82 bits per heavy atom. The van der Waals surface area contributed by atoms with Gasteiger partial charge in [0.2, 0.25) is 0 Å². The molecule has 1 unspecified atom stereocenters. The summed E-state index contributed by atoms with van der Waals surface area (Å²) in [5.74, 6) is 2.79. The number of hydrogen-bond donors (Lipinski definition) is 1. The highest BCUT2D eigenvalue weighted by Gasteiger charge is 2.25. The molecule has 1 atom stereocenters. The van der Waals surface area contributed by atoms with Gasteiger partial charge in [0.15, 0.2) is 17.0 Å². The number of carbonyl (C=O) groups excluding carboxylic acids is 1. The second kappa shape index (κ2) is 14.6. The lowest BCUT2D eigenvalue weighted by Crippen LogP contribution is -2.27. The van der Waals surface area contributed by atoms with Gasteiger partial charge in [-0.1, -0.05) is 32.8 Å². The van der Waals surface area contributed by atoms with E-state index in [9.17, 15) is 9.36 Å². The van der Waals surface area contributed by atoms with Gasteiger partial charge in [-0.25, -0.2) is 19.7 Å². The third-order valence-electron chi connectivity index (χ3n) is 8.82. The van der Waals surface area contributed by atoms with Gasteiger partial charge in [0.25, 0.3) is 0 Å². The first kappa shape index (κ1) is 32.0. The third kappa shape index (κ3) is 7.43. The summed E-state index contributed by atoms with van der Waals surface area (Å²) in [6.07, 6.45) is 17.2. The Balaban J connectivity index is 1.37. The van der Waals surface area contributed by atoms with E-state index in [-0.39, 0.29) is 12.0 Å². The number of nitrogens with zero attached hydrogens (tertiary/aromatic N) is 5. The summed E-state index contributed by atoms with van der Waals surface area (Å²) in [5, 5.41) is 4.48. The van der Waals surface area contributed by atoms with Crippen molar-refractivity contribution in [3.8, 4) is 0 Å². The van der Waals surface area contributed by atoms with Gasteiger partial charge in [0.1, 0.15) is 18.7 Å². The fourth-order valence-electron chi connectivity index (χ4n) is 6.22. The average molecular weight is 619 g/mol. The first-order valence-electron chi connectivity index (χ1n) is 16.3. The number of anilines is 2. The van der Waals surface area contributed by atoms with Crippen LogP contribution in [0.25, 0.3) is 11.2 Å². The molecule has 10 heteroatoms. The molecule has 5 rings (SSSR count). The number of allylic oxidation sites excluding steroid dienone is 3. The van der Waals surface area contributed by atoms with Crippen LogP contribution in [-0.4, -0.2) is 56.4 Å². The highest BCUT2D eigenvalue weighted by atomic mass is 31.2. The number of benzene rings is 1. The zero-order valence-electron chi connectivity index (χ0n) is 26.7. The number of aromatic nitrogens is 4. The maximum absolute atomic E-state index is 13.6. The van der Waals surface area contributed by atoms with Crippen molar-refractivity contribution in [1.29, 1.82) is 0 Å². The van der Waals surface area contributed by atoms with E-state index in [0.29, 0.717) is 24.0 Å². The Morgan fingerprint density at radius 1 is 1.09 bits per heavy atom. The monoisotopic (exact) mass is 618 g/mol. The maximum Gasteiger partial charge on any atom is 0.414 e. The van der Waals surface area contributed by atoms with Crippen LogP contribution >= 0.6 is 7.14 Å². The van der Waals surface area contributed by atoms with E-state index >= 15 is 0 Å². The number of carbonyl (C=O) groups is 1. The molecule has 9 nitrogen and oxygen atoms in total. The number of rotatable bonds is 13. The Kier molecular flexibility index (Phi) is 10.6. The minimum Gasteiger partial charge on any atom is -0.411 e. The van der Waals surface area contributed by atoms with E-state index in [2.05, 4.69) is 35.9 Å². The zero-order chi connectivity index (χ0) is 31.1. The molecular formula is C34H47N6O3P. The van der Waals surface area contributed by atoms with Gasteiger partial charge >= 0.3 is 6.09 Å². The summed E-state index contributed by atoms with van der Waals surface area (Å²) in [4.78, 5) is 28.6. The van der Waals surface area contributed by atoms with E-state index in [1.54, 1.807) is 11.9 Å². The SMILES string of the molecule is CCCP(=O)(CCC)c1ccc(Nc2nc(C3CCCC3)nc3c2ncn3CCC2C=C(OC(=O)N(C)CC)C=CC2)cc1. The van der Waals surface area contributed by atoms with Crippen LogP contribution in [-0.2, 0) is 15.8 Å². The molecule has 44 heavy (non-hydrogen) atoms. The van der Waals surface area contributed by atoms with Gasteiger partial charge in [0, 0.05) is 49.4 Å². The van der Waals surface area contributed by atoms with Crippen LogP contribution in [0.3, 0.4) is 0 Å². The van der Waals surface area contributed by atoms with Crippen LogP contribution in [0.1, 0.15) is 83.9 Å². The quantitative estimate of drug-likeness (QED) is 0.194. The predicted molar refractivity (Wildman–Crippen MR) is 179 cm³/mol. The molecule has 2 aliphatic carbocycles. The van der Waals surface area contributed by atoms with Gasteiger partial charge in [0.05, 0.1) is 6.33 Å². The Bertz CT molecular complexity index is 1530. The van der Waals surface area contributed by atoms with Crippen molar-refractivity contribution in [2.75, 3.05) is 31.2 Å². The molecule has 236 valence electrons. The minimum atomic E-state index is -2.37. The van der Waals surface area contributed by atoms with E-state index in [1.807, 2.05) is 43.6 Å². The number of aryl methyl sites for hydroxylation is 1. The second-order valence-electron chi connectivity index (χ2n) is 12.2. The average Bonchev–Trinajstić information content (AvgIpc) is 3.71. The Morgan fingerprint density at radius 3 is 2.50 bits per heavy atom. The normalized spacial score (nSPS) is 17.2. The molecule has 1 amide bonds. The maximum atomic E-state index is 13.6. The minimum absolute atomic E-state index is 0.246. The summed E-state index contributed by atoms with van der Waals surface area (Å²) in [5.41, 5.74) is 2.48. The molecular weight excluding hydrogens is 571 g/mol. The largest absolute Gasteiger partial charge is 0.414 e. The van der Waals surface area contributed by atoms with Crippen molar-refractivity contribution in [2.45, 2.75) is 84.6 Å². The fourth-order valence-corrected chi connectivity index (χ4v) is 9.10. The summed E-state index contributed by atoms with van der Waals surface area (Å²) in [6, 6.07) is 8.06. The van der Waals surface area contributed by atoms with E-state index in [0.717, 1.165) is 85.4 Å². The molecule has 1 aromatic carbocycles. The lowest BCUT2D eigenvalue weighted by atomic mass is 9.96. The third-order valence-corrected chi connectivity index (χ3v) is 12.4. The highest BCUT2D eigenvalue weighted by molar-refractivity contribution is 7.71. The molecule has 2 aromatic heterocycles. The molecule has 1 fully saturated rings. The van der Waals surface area contributed by atoms with Crippen LogP contribution in [0.15, 0.2) is 54.6 Å². The summed E-state index contributed by atoms with van der Waals surface area (Å²) < 4.78 is 21.3. The van der Waals surface area contributed by atoms with E-state index in [4.69, 9.17) is 19.7 Å². The molecule has 2 heterocycles. The molecule has 2 aliphatic rings. The van der Waals surface area contributed by atoms with Crippen molar-refractivity contribution in [1.82, 2.24) is 24.4 Å². The zero-order valence-corrected chi connectivity index (χ0v) is 27.6. The highest BCUT2D eigenvalue weighted by Crippen LogP contribution is 2.45. The smallest absolute Gasteiger partial charge is 0.411 e. The van der Waals surface area contributed by atoms with Crippen LogP contribution in [0.2, 0.25) is 0 Å². The first-order chi connectivity index (χ1) is 21.3. The molecule has 0 saturated heterocycles. The summed E-state index contributed by atoms with van der Waals surface area (Å²) >= 11 is 0. The van der Waals surface area contributed by atoms with Crippen molar-refractivity contribution in [3.05, 3.63) is 60.4 Å². The fraction of sp³-hybridized carbons (Fsp3) is 0.529. The van der Waals surface area contributed by atoms with Crippen LogP contribution in [0.4, 0.5) is 16.3 Å².